The van der Waals surface area contributed by atoms with E-state index in [0.29, 0.717) is 6.54 Å². The van der Waals surface area contributed by atoms with Gasteiger partial charge in [0.2, 0.25) is 0 Å². The number of hydrogen-bond acceptors (Lipinski definition) is 3. The van der Waals surface area contributed by atoms with Gasteiger partial charge in [-0.3, -0.25) is 9.69 Å². The summed E-state index contributed by atoms with van der Waals surface area (Å²) >= 11 is 0. The van der Waals surface area contributed by atoms with Crippen LogP contribution in [0.25, 0.3) is 0 Å². The highest BCUT2D eigenvalue weighted by Crippen LogP contribution is 2.20. The van der Waals surface area contributed by atoms with Crippen LogP contribution in [0.1, 0.15) is 38.6 Å². The average molecular weight is 392 g/mol. The largest absolute Gasteiger partial charge is 0.467 e. The molecule has 0 N–H and O–H groups in total. The van der Waals surface area contributed by atoms with Gasteiger partial charge in [0.25, 0.3) is 5.91 Å². The molecule has 0 bridgehead atoms. The maximum atomic E-state index is 13.2. The molecule has 5 heteroatoms. The molecule has 1 amide bonds. The SMILES string of the molecule is Cc1cccc(CN2CCN(C(=O)c3cc(C)n(Cc4ccco4)c3C)CC2)c1. The fourth-order valence-corrected chi connectivity index (χ4v) is 4.17. The summed E-state index contributed by atoms with van der Waals surface area (Å²) in [5.41, 5.74) is 5.53. The summed E-state index contributed by atoms with van der Waals surface area (Å²) in [7, 11) is 0. The first-order valence-electron chi connectivity index (χ1n) is 10.3. The third-order valence-electron chi connectivity index (χ3n) is 5.85. The van der Waals surface area contributed by atoms with Crippen LogP contribution in [0.4, 0.5) is 0 Å². The normalized spacial score (nSPS) is 15.1. The molecule has 152 valence electrons. The minimum Gasteiger partial charge on any atom is -0.467 e. The first kappa shape index (κ1) is 19.5. The van der Waals surface area contributed by atoms with Crippen LogP contribution in [-0.2, 0) is 13.1 Å². The molecule has 2 aromatic heterocycles. The number of aromatic nitrogens is 1. The second-order valence-corrected chi connectivity index (χ2v) is 8.01. The van der Waals surface area contributed by atoms with Crippen LogP contribution in [0.15, 0.2) is 53.1 Å². The van der Waals surface area contributed by atoms with Crippen molar-refractivity contribution < 1.29 is 9.21 Å². The molecule has 4 rings (SSSR count). The number of hydrogen-bond donors (Lipinski definition) is 0. The van der Waals surface area contributed by atoms with Crippen molar-refractivity contribution in [2.75, 3.05) is 26.2 Å². The molecule has 3 heterocycles. The number of piperazine rings is 1. The fraction of sp³-hybridized carbons (Fsp3) is 0.375. The standard InChI is InChI=1S/C24H29N3O2/c1-18-6-4-7-21(14-18)16-25-9-11-26(12-10-25)24(28)23-15-19(2)27(20(23)3)17-22-8-5-13-29-22/h4-8,13-15H,9-12,16-17H2,1-3H3. The van der Waals surface area contributed by atoms with E-state index in [-0.39, 0.29) is 5.91 Å². The van der Waals surface area contributed by atoms with E-state index in [1.54, 1.807) is 6.26 Å². The zero-order chi connectivity index (χ0) is 20.4. The molecular formula is C24H29N3O2. The van der Waals surface area contributed by atoms with Crippen molar-refractivity contribution in [2.45, 2.75) is 33.9 Å². The van der Waals surface area contributed by atoms with Crippen molar-refractivity contribution in [3.05, 3.63) is 82.6 Å². The predicted molar refractivity (Wildman–Crippen MR) is 114 cm³/mol. The van der Waals surface area contributed by atoms with Gasteiger partial charge in [0.05, 0.1) is 18.4 Å². The first-order valence-corrected chi connectivity index (χ1v) is 10.3. The Kier molecular flexibility index (Phi) is 5.58. The number of nitrogens with zero attached hydrogens (tertiary/aromatic N) is 3. The van der Waals surface area contributed by atoms with Crippen LogP contribution >= 0.6 is 0 Å². The van der Waals surface area contributed by atoms with E-state index >= 15 is 0 Å². The number of benzene rings is 1. The lowest BCUT2D eigenvalue weighted by Crippen LogP contribution is -2.48. The molecule has 3 aromatic rings. The number of furan rings is 1. The summed E-state index contributed by atoms with van der Waals surface area (Å²) in [5, 5.41) is 0. The van der Waals surface area contributed by atoms with Gasteiger partial charge < -0.3 is 13.9 Å². The minimum atomic E-state index is 0.138. The Morgan fingerprint density at radius 3 is 2.45 bits per heavy atom. The molecular weight excluding hydrogens is 362 g/mol. The van der Waals surface area contributed by atoms with E-state index in [2.05, 4.69) is 40.7 Å². The molecule has 0 saturated carbocycles. The highest BCUT2D eigenvalue weighted by atomic mass is 16.3. The van der Waals surface area contributed by atoms with E-state index in [9.17, 15) is 4.79 Å². The maximum Gasteiger partial charge on any atom is 0.255 e. The summed E-state index contributed by atoms with van der Waals surface area (Å²) in [4.78, 5) is 17.6. The van der Waals surface area contributed by atoms with Gasteiger partial charge in [-0.25, -0.2) is 0 Å². The molecule has 0 atom stereocenters. The average Bonchev–Trinajstić information content (AvgIpc) is 3.32. The Hall–Kier alpha value is -2.79. The predicted octanol–water partition coefficient (Wildman–Crippen LogP) is 4.01. The Labute approximate surface area is 172 Å². The van der Waals surface area contributed by atoms with Crippen LogP contribution in [0.3, 0.4) is 0 Å². The van der Waals surface area contributed by atoms with Crippen molar-refractivity contribution in [3.63, 3.8) is 0 Å². The number of rotatable bonds is 5. The van der Waals surface area contributed by atoms with E-state index in [4.69, 9.17) is 4.42 Å². The van der Waals surface area contributed by atoms with Crippen LogP contribution in [-0.4, -0.2) is 46.5 Å². The Bertz CT molecular complexity index is 980. The summed E-state index contributed by atoms with van der Waals surface area (Å²) in [6, 6.07) is 14.5. The summed E-state index contributed by atoms with van der Waals surface area (Å²) in [6.45, 7) is 11.2. The smallest absolute Gasteiger partial charge is 0.255 e. The molecule has 0 aliphatic carbocycles. The molecule has 0 spiro atoms. The molecule has 1 aromatic carbocycles. The third-order valence-corrected chi connectivity index (χ3v) is 5.85. The van der Waals surface area contributed by atoms with Crippen LogP contribution in [0, 0.1) is 20.8 Å². The summed E-state index contributed by atoms with van der Waals surface area (Å²) < 4.78 is 7.63. The van der Waals surface area contributed by atoms with Gasteiger partial charge in [-0.05, 0) is 44.5 Å². The first-order chi connectivity index (χ1) is 14.0. The highest BCUT2D eigenvalue weighted by molar-refractivity contribution is 5.95. The van der Waals surface area contributed by atoms with Gasteiger partial charge >= 0.3 is 0 Å². The number of carbonyl (C=O) groups excluding carboxylic acids is 1. The molecule has 1 aliphatic heterocycles. The Morgan fingerprint density at radius 1 is 0.966 bits per heavy atom. The molecule has 1 saturated heterocycles. The lowest BCUT2D eigenvalue weighted by atomic mass is 10.1. The zero-order valence-corrected chi connectivity index (χ0v) is 17.5. The summed E-state index contributed by atoms with van der Waals surface area (Å²) in [5.74, 6) is 1.04. The quantitative estimate of drug-likeness (QED) is 0.660. The second-order valence-electron chi connectivity index (χ2n) is 8.01. The number of amides is 1. The molecule has 5 nitrogen and oxygen atoms in total. The van der Waals surface area contributed by atoms with Gasteiger partial charge in [-0.15, -0.1) is 0 Å². The molecule has 29 heavy (non-hydrogen) atoms. The van der Waals surface area contributed by atoms with Gasteiger partial charge in [0.1, 0.15) is 5.76 Å². The lowest BCUT2D eigenvalue weighted by Gasteiger charge is -2.34. The van der Waals surface area contributed by atoms with Crippen molar-refractivity contribution in [1.82, 2.24) is 14.4 Å². The molecule has 1 fully saturated rings. The van der Waals surface area contributed by atoms with Gasteiger partial charge in [0, 0.05) is 44.1 Å². The van der Waals surface area contributed by atoms with Gasteiger partial charge in [0.15, 0.2) is 0 Å². The van der Waals surface area contributed by atoms with E-state index in [0.717, 1.165) is 55.4 Å². The van der Waals surface area contributed by atoms with Gasteiger partial charge in [-0.2, -0.15) is 0 Å². The number of carbonyl (C=O) groups is 1. The van der Waals surface area contributed by atoms with Crippen LogP contribution in [0.2, 0.25) is 0 Å². The van der Waals surface area contributed by atoms with Gasteiger partial charge in [-0.1, -0.05) is 29.8 Å². The topological polar surface area (TPSA) is 41.6 Å². The highest BCUT2D eigenvalue weighted by Gasteiger charge is 2.25. The fourth-order valence-electron chi connectivity index (χ4n) is 4.17. The van der Waals surface area contributed by atoms with E-state index in [1.807, 2.05) is 36.9 Å². The molecule has 1 aliphatic rings. The monoisotopic (exact) mass is 391 g/mol. The van der Waals surface area contributed by atoms with E-state index in [1.165, 1.54) is 11.1 Å². The van der Waals surface area contributed by atoms with Crippen molar-refractivity contribution in [3.8, 4) is 0 Å². The van der Waals surface area contributed by atoms with Crippen molar-refractivity contribution >= 4 is 5.91 Å². The maximum absolute atomic E-state index is 13.2. The summed E-state index contributed by atoms with van der Waals surface area (Å²) in [6.07, 6.45) is 1.69. The van der Waals surface area contributed by atoms with Crippen molar-refractivity contribution in [1.29, 1.82) is 0 Å². The number of aryl methyl sites for hydroxylation is 2. The Balaban J connectivity index is 1.39. The van der Waals surface area contributed by atoms with Crippen molar-refractivity contribution in [2.24, 2.45) is 0 Å². The second kappa shape index (κ2) is 8.29. The zero-order valence-electron chi connectivity index (χ0n) is 17.5. The minimum absolute atomic E-state index is 0.138. The van der Waals surface area contributed by atoms with E-state index < -0.39 is 0 Å². The lowest BCUT2D eigenvalue weighted by molar-refractivity contribution is 0.0627. The van der Waals surface area contributed by atoms with Crippen LogP contribution in [0.5, 0.6) is 0 Å². The third kappa shape index (κ3) is 4.30. The molecule has 0 unspecified atom stereocenters. The van der Waals surface area contributed by atoms with Crippen LogP contribution < -0.4 is 0 Å². The molecule has 0 radical (unpaired) electrons. The Morgan fingerprint density at radius 2 is 1.76 bits per heavy atom.